The van der Waals surface area contributed by atoms with E-state index in [9.17, 15) is 10.2 Å². The summed E-state index contributed by atoms with van der Waals surface area (Å²) in [5, 5.41) is 28.7. The molecule has 6 aromatic rings. The van der Waals surface area contributed by atoms with E-state index in [0.29, 0.717) is 21.9 Å². The second kappa shape index (κ2) is 7.14. The van der Waals surface area contributed by atoms with Crippen LogP contribution in [0.1, 0.15) is 0 Å². The number of phenolic OH excluding ortho intramolecular Hbond substituents is 2. The van der Waals surface area contributed by atoms with Crippen LogP contribution in [-0.4, -0.2) is 10.2 Å². The zero-order valence-corrected chi connectivity index (χ0v) is 17.3. The molecule has 0 bridgehead atoms. The lowest BCUT2D eigenvalue weighted by Gasteiger charge is -2.20. The lowest BCUT2D eigenvalue weighted by Crippen LogP contribution is -1.92. The van der Waals surface area contributed by atoms with Crippen LogP contribution in [-0.2, 0) is 0 Å². The van der Waals surface area contributed by atoms with Crippen molar-refractivity contribution in [3.63, 3.8) is 0 Å². The maximum absolute atomic E-state index is 11.6. The Bertz CT molecular complexity index is 1510. The quantitative estimate of drug-likeness (QED) is 0.284. The van der Waals surface area contributed by atoms with E-state index in [4.69, 9.17) is 0 Å². The fourth-order valence-corrected chi connectivity index (χ4v) is 4.81. The number of fused-ring (bicyclic) bond motifs is 3. The number of hydrogen-bond donors (Lipinski definition) is 2. The van der Waals surface area contributed by atoms with Gasteiger partial charge in [-0.1, -0.05) is 109 Å². The summed E-state index contributed by atoms with van der Waals surface area (Å²) in [5.74, 6) is 0.357. The second-order valence-electron chi connectivity index (χ2n) is 8.05. The van der Waals surface area contributed by atoms with E-state index >= 15 is 0 Å². The Morgan fingerprint density at radius 1 is 0.344 bits per heavy atom. The Labute approximate surface area is 185 Å². The van der Waals surface area contributed by atoms with Gasteiger partial charge in [0, 0.05) is 21.9 Å². The normalized spacial score (nSPS) is 11.4. The van der Waals surface area contributed by atoms with E-state index in [1.54, 1.807) is 0 Å². The van der Waals surface area contributed by atoms with Crippen molar-refractivity contribution in [3.8, 4) is 33.8 Å². The standard InChI is InChI=1S/C30H20O2/c31-29-25-15-5-6-16-26(25)30(32)28(24-18-8-12-20-10-2-4-14-22(20)24)27(29)23-17-7-11-19-9-1-3-13-21(19)23/h1-18,31-32H. The van der Waals surface area contributed by atoms with Crippen LogP contribution in [0, 0.1) is 0 Å². The van der Waals surface area contributed by atoms with E-state index in [2.05, 4.69) is 36.4 Å². The molecule has 6 aromatic carbocycles. The summed E-state index contributed by atoms with van der Waals surface area (Å²) < 4.78 is 0. The molecule has 0 aliphatic carbocycles. The van der Waals surface area contributed by atoms with Crippen molar-refractivity contribution in [3.05, 3.63) is 109 Å². The van der Waals surface area contributed by atoms with Gasteiger partial charge in [-0.2, -0.15) is 0 Å². The molecule has 0 aliphatic heterocycles. The van der Waals surface area contributed by atoms with Crippen LogP contribution in [0.15, 0.2) is 109 Å². The van der Waals surface area contributed by atoms with Crippen LogP contribution in [0.4, 0.5) is 0 Å². The van der Waals surface area contributed by atoms with Crippen LogP contribution in [0.25, 0.3) is 54.6 Å². The van der Waals surface area contributed by atoms with Gasteiger partial charge in [-0.05, 0) is 32.7 Å². The monoisotopic (exact) mass is 412 g/mol. The zero-order valence-electron chi connectivity index (χ0n) is 17.3. The lowest BCUT2D eigenvalue weighted by molar-refractivity contribution is 0.473. The van der Waals surface area contributed by atoms with Gasteiger partial charge < -0.3 is 10.2 Å². The Morgan fingerprint density at radius 2 is 0.688 bits per heavy atom. The molecular weight excluding hydrogens is 392 g/mol. The summed E-state index contributed by atoms with van der Waals surface area (Å²) in [6.07, 6.45) is 0. The minimum atomic E-state index is 0.178. The molecule has 0 fully saturated rings. The van der Waals surface area contributed by atoms with Crippen molar-refractivity contribution >= 4 is 32.3 Å². The van der Waals surface area contributed by atoms with E-state index in [0.717, 1.165) is 32.7 Å². The molecule has 0 saturated carbocycles. The van der Waals surface area contributed by atoms with Crippen LogP contribution in [0.5, 0.6) is 11.5 Å². The molecule has 0 aliphatic rings. The van der Waals surface area contributed by atoms with Crippen molar-refractivity contribution in [2.45, 2.75) is 0 Å². The van der Waals surface area contributed by atoms with Crippen LogP contribution >= 0.6 is 0 Å². The molecular formula is C30H20O2. The van der Waals surface area contributed by atoms with Crippen molar-refractivity contribution in [2.75, 3.05) is 0 Å². The highest BCUT2D eigenvalue weighted by atomic mass is 16.3. The maximum Gasteiger partial charge on any atom is 0.132 e. The first kappa shape index (κ1) is 18.5. The molecule has 0 unspecified atom stereocenters. The van der Waals surface area contributed by atoms with E-state index in [-0.39, 0.29) is 11.5 Å². The Hall–Kier alpha value is -4.30. The SMILES string of the molecule is Oc1c(-c2cccc3ccccc23)c(-c2cccc3ccccc23)c(O)c2ccccc12. The average molecular weight is 412 g/mol. The third kappa shape index (κ3) is 2.67. The highest BCUT2D eigenvalue weighted by Crippen LogP contribution is 2.52. The molecule has 0 radical (unpaired) electrons. The molecule has 0 aromatic heterocycles. The van der Waals surface area contributed by atoms with Gasteiger partial charge in [-0.3, -0.25) is 0 Å². The minimum absolute atomic E-state index is 0.178. The predicted molar refractivity (Wildman–Crippen MR) is 133 cm³/mol. The molecule has 6 rings (SSSR count). The molecule has 0 saturated heterocycles. The molecule has 152 valence electrons. The van der Waals surface area contributed by atoms with Gasteiger partial charge in [0.05, 0.1) is 0 Å². The second-order valence-corrected chi connectivity index (χ2v) is 8.05. The van der Waals surface area contributed by atoms with Gasteiger partial charge in [0.25, 0.3) is 0 Å². The number of phenols is 2. The summed E-state index contributed by atoms with van der Waals surface area (Å²) in [7, 11) is 0. The smallest absolute Gasteiger partial charge is 0.132 e. The fraction of sp³-hybridized carbons (Fsp3) is 0. The van der Waals surface area contributed by atoms with Gasteiger partial charge in [-0.15, -0.1) is 0 Å². The fourth-order valence-electron chi connectivity index (χ4n) is 4.81. The first-order valence-electron chi connectivity index (χ1n) is 10.7. The molecule has 2 nitrogen and oxygen atoms in total. The molecule has 32 heavy (non-hydrogen) atoms. The van der Waals surface area contributed by atoms with E-state index in [1.807, 2.05) is 72.8 Å². The summed E-state index contributed by atoms with van der Waals surface area (Å²) in [6, 6.07) is 35.9. The topological polar surface area (TPSA) is 40.5 Å². The number of benzene rings is 6. The Kier molecular flexibility index (Phi) is 4.12. The highest BCUT2D eigenvalue weighted by Gasteiger charge is 2.23. The summed E-state index contributed by atoms with van der Waals surface area (Å²) in [5.41, 5.74) is 3.08. The predicted octanol–water partition coefficient (Wildman–Crippen LogP) is 7.89. The summed E-state index contributed by atoms with van der Waals surface area (Å²) in [6.45, 7) is 0. The summed E-state index contributed by atoms with van der Waals surface area (Å²) >= 11 is 0. The number of rotatable bonds is 2. The molecule has 2 N–H and O–H groups in total. The molecule has 0 heterocycles. The van der Waals surface area contributed by atoms with Gasteiger partial charge in [0.15, 0.2) is 0 Å². The van der Waals surface area contributed by atoms with E-state index < -0.39 is 0 Å². The first-order valence-corrected chi connectivity index (χ1v) is 10.7. The van der Waals surface area contributed by atoms with Gasteiger partial charge in [0.1, 0.15) is 11.5 Å². The molecule has 0 atom stereocenters. The average Bonchev–Trinajstić information content (AvgIpc) is 2.85. The maximum atomic E-state index is 11.6. The Balaban J connectivity index is 1.84. The molecule has 0 amide bonds. The van der Waals surface area contributed by atoms with Gasteiger partial charge >= 0.3 is 0 Å². The van der Waals surface area contributed by atoms with Crippen molar-refractivity contribution < 1.29 is 10.2 Å². The molecule has 0 spiro atoms. The van der Waals surface area contributed by atoms with Gasteiger partial charge in [0.2, 0.25) is 0 Å². The number of aromatic hydroxyl groups is 2. The third-order valence-corrected chi connectivity index (χ3v) is 6.28. The lowest BCUT2D eigenvalue weighted by atomic mass is 9.85. The highest BCUT2D eigenvalue weighted by molar-refractivity contribution is 6.14. The van der Waals surface area contributed by atoms with Crippen molar-refractivity contribution in [1.82, 2.24) is 0 Å². The van der Waals surface area contributed by atoms with Crippen LogP contribution < -0.4 is 0 Å². The number of hydrogen-bond acceptors (Lipinski definition) is 2. The first-order chi connectivity index (χ1) is 15.7. The van der Waals surface area contributed by atoms with Crippen LogP contribution in [0.3, 0.4) is 0 Å². The van der Waals surface area contributed by atoms with Crippen LogP contribution in [0.2, 0.25) is 0 Å². The van der Waals surface area contributed by atoms with Crippen molar-refractivity contribution in [2.24, 2.45) is 0 Å². The largest absolute Gasteiger partial charge is 0.507 e. The van der Waals surface area contributed by atoms with Gasteiger partial charge in [-0.25, -0.2) is 0 Å². The third-order valence-electron chi connectivity index (χ3n) is 6.28. The molecule has 2 heteroatoms. The van der Waals surface area contributed by atoms with E-state index in [1.165, 1.54) is 0 Å². The summed E-state index contributed by atoms with van der Waals surface area (Å²) in [4.78, 5) is 0. The Morgan fingerprint density at radius 3 is 1.12 bits per heavy atom. The minimum Gasteiger partial charge on any atom is -0.507 e. The zero-order chi connectivity index (χ0) is 21.7. The van der Waals surface area contributed by atoms with Crippen molar-refractivity contribution in [1.29, 1.82) is 0 Å².